The Balaban J connectivity index is 1.59. The molecule has 0 N–H and O–H groups in total. The summed E-state index contributed by atoms with van der Waals surface area (Å²) in [5.74, 6) is 0. The standard InChI is InChI=1S/C40H44O2S/c1-3-5-7-15-21-37-38(22-16-8-6-4-2)40(36-29-25-34(26-30-36)32-19-13-10-14-20-32)43(41,42)39(37)35-27-23-33(24-28-35)31-17-11-9-12-18-31/h9-14,17-20,23-30H,3-8,15-16,21-22H2,1-2H3. The fourth-order valence-electron chi connectivity index (χ4n) is 6.23. The van der Waals surface area contributed by atoms with Crippen LogP contribution in [0, 0.1) is 0 Å². The molecule has 43 heavy (non-hydrogen) atoms. The van der Waals surface area contributed by atoms with Crippen LogP contribution in [-0.2, 0) is 9.84 Å². The van der Waals surface area contributed by atoms with E-state index in [0.29, 0.717) is 9.81 Å². The molecule has 0 fully saturated rings. The van der Waals surface area contributed by atoms with E-state index in [2.05, 4.69) is 62.4 Å². The van der Waals surface area contributed by atoms with Crippen molar-refractivity contribution in [2.75, 3.05) is 0 Å². The molecule has 0 bridgehead atoms. The zero-order valence-electron chi connectivity index (χ0n) is 25.7. The minimum absolute atomic E-state index is 0.524. The van der Waals surface area contributed by atoms with Crippen molar-refractivity contribution in [2.24, 2.45) is 0 Å². The lowest BCUT2D eigenvalue weighted by molar-refractivity contribution is 0.615. The second kappa shape index (κ2) is 14.7. The average Bonchev–Trinajstić information content (AvgIpc) is 3.27. The molecule has 0 unspecified atom stereocenters. The van der Waals surface area contributed by atoms with Crippen LogP contribution in [0.5, 0.6) is 0 Å². The molecule has 1 aliphatic heterocycles. The quantitative estimate of drug-likeness (QED) is 0.137. The van der Waals surface area contributed by atoms with Gasteiger partial charge in [-0.25, -0.2) is 8.42 Å². The van der Waals surface area contributed by atoms with E-state index in [4.69, 9.17) is 0 Å². The van der Waals surface area contributed by atoms with Gasteiger partial charge in [-0.3, -0.25) is 0 Å². The van der Waals surface area contributed by atoms with Gasteiger partial charge in [-0.05, 0) is 70.2 Å². The maximum absolute atomic E-state index is 14.7. The first kappa shape index (κ1) is 30.8. The number of hydrogen-bond donors (Lipinski definition) is 0. The first-order valence-corrected chi connectivity index (χ1v) is 17.6. The highest BCUT2D eigenvalue weighted by Crippen LogP contribution is 2.49. The topological polar surface area (TPSA) is 34.1 Å². The Bertz CT molecular complexity index is 1520. The lowest BCUT2D eigenvalue weighted by Crippen LogP contribution is -2.03. The van der Waals surface area contributed by atoms with Crippen LogP contribution in [0.3, 0.4) is 0 Å². The van der Waals surface area contributed by atoms with Crippen molar-refractivity contribution >= 4 is 19.6 Å². The minimum Gasteiger partial charge on any atom is -0.218 e. The molecule has 0 amide bonds. The van der Waals surface area contributed by atoms with Gasteiger partial charge < -0.3 is 0 Å². The Kier molecular flexibility index (Phi) is 10.5. The molecule has 1 aliphatic rings. The monoisotopic (exact) mass is 588 g/mol. The molecule has 0 aromatic heterocycles. The van der Waals surface area contributed by atoms with E-state index in [0.717, 1.165) is 95.9 Å². The van der Waals surface area contributed by atoms with Crippen LogP contribution >= 0.6 is 0 Å². The Morgan fingerprint density at radius 2 is 0.721 bits per heavy atom. The molecule has 0 atom stereocenters. The summed E-state index contributed by atoms with van der Waals surface area (Å²) in [5, 5.41) is 0. The average molecular weight is 589 g/mol. The van der Waals surface area contributed by atoms with Crippen molar-refractivity contribution in [3.63, 3.8) is 0 Å². The van der Waals surface area contributed by atoms with E-state index >= 15 is 0 Å². The number of sulfone groups is 1. The maximum Gasteiger partial charge on any atom is 0.208 e. The fraction of sp³-hybridized carbons (Fsp3) is 0.300. The number of rotatable bonds is 14. The molecule has 3 heteroatoms. The summed E-state index contributed by atoms with van der Waals surface area (Å²) in [5.41, 5.74) is 8.13. The molecule has 4 aromatic rings. The van der Waals surface area contributed by atoms with Gasteiger partial charge in [-0.2, -0.15) is 0 Å². The number of unbranched alkanes of at least 4 members (excludes halogenated alkanes) is 6. The first-order valence-electron chi connectivity index (χ1n) is 16.1. The van der Waals surface area contributed by atoms with Crippen LogP contribution < -0.4 is 0 Å². The lowest BCUT2D eigenvalue weighted by Gasteiger charge is -2.12. The highest BCUT2D eigenvalue weighted by molar-refractivity contribution is 8.09. The van der Waals surface area contributed by atoms with Crippen molar-refractivity contribution in [1.29, 1.82) is 0 Å². The predicted molar refractivity (Wildman–Crippen MR) is 184 cm³/mol. The van der Waals surface area contributed by atoms with Gasteiger partial charge in [0.1, 0.15) is 0 Å². The minimum atomic E-state index is -3.71. The lowest BCUT2D eigenvalue weighted by atomic mass is 9.91. The molecule has 222 valence electrons. The number of benzene rings is 4. The molecule has 2 nitrogen and oxygen atoms in total. The molecular weight excluding hydrogens is 545 g/mol. The normalized spacial score (nSPS) is 14.5. The van der Waals surface area contributed by atoms with Crippen LogP contribution in [-0.4, -0.2) is 8.42 Å². The summed E-state index contributed by atoms with van der Waals surface area (Å²) in [6.45, 7) is 4.44. The predicted octanol–water partition coefficient (Wildman–Crippen LogP) is 11.5. The highest BCUT2D eigenvalue weighted by atomic mass is 32.2. The summed E-state index contributed by atoms with van der Waals surface area (Å²) >= 11 is 0. The van der Waals surface area contributed by atoms with E-state index < -0.39 is 9.84 Å². The second-order valence-corrected chi connectivity index (χ2v) is 13.5. The Hall–Kier alpha value is -3.69. The van der Waals surface area contributed by atoms with Crippen LogP contribution in [0.25, 0.3) is 32.1 Å². The molecule has 0 spiro atoms. The van der Waals surface area contributed by atoms with E-state index in [1.807, 2.05) is 60.7 Å². The largest absolute Gasteiger partial charge is 0.218 e. The molecule has 1 heterocycles. The highest BCUT2D eigenvalue weighted by Gasteiger charge is 2.38. The van der Waals surface area contributed by atoms with Gasteiger partial charge in [0.2, 0.25) is 9.84 Å². The van der Waals surface area contributed by atoms with Gasteiger partial charge in [0.05, 0.1) is 9.81 Å². The number of hydrogen-bond acceptors (Lipinski definition) is 2. The Morgan fingerprint density at radius 3 is 1.07 bits per heavy atom. The SMILES string of the molecule is CCCCCCC1=C(c2ccc(-c3ccccc3)cc2)S(=O)(=O)C(c2ccc(-c3ccccc3)cc2)=C1CCCCCC. The molecule has 0 saturated heterocycles. The number of allylic oxidation sites excluding steroid dienone is 2. The summed E-state index contributed by atoms with van der Waals surface area (Å²) in [6, 6.07) is 36.8. The molecular formula is C40H44O2S. The fourth-order valence-corrected chi connectivity index (χ4v) is 8.43. The molecule has 0 aliphatic carbocycles. The third-order valence-electron chi connectivity index (χ3n) is 8.52. The van der Waals surface area contributed by atoms with Crippen LogP contribution in [0.2, 0.25) is 0 Å². The zero-order valence-corrected chi connectivity index (χ0v) is 26.5. The Morgan fingerprint density at radius 1 is 0.395 bits per heavy atom. The summed E-state index contributed by atoms with van der Waals surface area (Å²) in [7, 11) is -3.71. The van der Waals surface area contributed by atoms with Crippen LogP contribution in [0.1, 0.15) is 89.2 Å². The van der Waals surface area contributed by atoms with Gasteiger partial charge in [0, 0.05) is 0 Å². The van der Waals surface area contributed by atoms with Gasteiger partial charge in [-0.15, -0.1) is 0 Å². The van der Waals surface area contributed by atoms with Gasteiger partial charge >= 0.3 is 0 Å². The molecule has 4 aromatic carbocycles. The maximum atomic E-state index is 14.7. The molecule has 0 saturated carbocycles. The van der Waals surface area contributed by atoms with Crippen molar-refractivity contribution in [2.45, 2.75) is 78.1 Å². The van der Waals surface area contributed by atoms with Crippen molar-refractivity contribution < 1.29 is 8.42 Å². The van der Waals surface area contributed by atoms with E-state index in [1.54, 1.807) is 0 Å². The van der Waals surface area contributed by atoms with Gasteiger partial charge in [0.25, 0.3) is 0 Å². The van der Waals surface area contributed by atoms with E-state index in [9.17, 15) is 8.42 Å². The summed E-state index contributed by atoms with van der Waals surface area (Å²) in [6.07, 6.45) is 10.5. The third-order valence-corrected chi connectivity index (χ3v) is 10.6. The first-order chi connectivity index (χ1) is 21.0. The van der Waals surface area contributed by atoms with Gasteiger partial charge in [-0.1, -0.05) is 162 Å². The molecule has 5 rings (SSSR count). The Labute approximate surface area is 259 Å². The zero-order chi connectivity index (χ0) is 30.1. The molecule has 0 radical (unpaired) electrons. The van der Waals surface area contributed by atoms with Crippen LogP contribution in [0.4, 0.5) is 0 Å². The van der Waals surface area contributed by atoms with E-state index in [-0.39, 0.29) is 0 Å². The van der Waals surface area contributed by atoms with Crippen LogP contribution in [0.15, 0.2) is 120 Å². The van der Waals surface area contributed by atoms with Crippen molar-refractivity contribution in [1.82, 2.24) is 0 Å². The van der Waals surface area contributed by atoms with Crippen molar-refractivity contribution in [3.05, 3.63) is 131 Å². The van der Waals surface area contributed by atoms with E-state index in [1.165, 1.54) is 12.8 Å². The summed E-state index contributed by atoms with van der Waals surface area (Å²) < 4.78 is 29.4. The van der Waals surface area contributed by atoms with Gasteiger partial charge in [0.15, 0.2) is 0 Å². The van der Waals surface area contributed by atoms with Crippen molar-refractivity contribution in [3.8, 4) is 22.3 Å². The second-order valence-electron chi connectivity index (χ2n) is 11.6. The third kappa shape index (κ3) is 7.11. The smallest absolute Gasteiger partial charge is 0.208 e. The summed E-state index contributed by atoms with van der Waals surface area (Å²) in [4.78, 5) is 1.05.